The number of aromatic hydroxyl groups is 1. The monoisotopic (exact) mass is 540 g/mol. The van der Waals surface area contributed by atoms with Gasteiger partial charge in [0, 0.05) is 29.7 Å². The minimum atomic E-state index is -2.99. The van der Waals surface area contributed by atoms with Crippen LogP contribution in [0.1, 0.15) is 53.9 Å². The molecule has 6 atom stereocenters. The number of carbonyl (C=O) groups is 4. The Morgan fingerprint density at radius 3 is 2.33 bits per heavy atom. The topological polar surface area (TPSA) is 199 Å². The number of Topliss-reactive ketones (excluding diaryl/α,β-unsaturated/α-hetero) is 3. The van der Waals surface area contributed by atoms with Gasteiger partial charge in [-0.05, 0) is 38.6 Å². The third-order valence-electron chi connectivity index (χ3n) is 9.03. The Kier molecular flexibility index (Phi) is 6.44. The van der Waals surface area contributed by atoms with Gasteiger partial charge in [-0.2, -0.15) is 0 Å². The summed E-state index contributed by atoms with van der Waals surface area (Å²) in [6.45, 7) is 0. The van der Waals surface area contributed by atoms with Crippen LogP contribution in [0.15, 0.2) is 40.9 Å². The second-order valence-corrected chi connectivity index (χ2v) is 11.3. The molecule has 208 valence electrons. The van der Waals surface area contributed by atoms with Crippen LogP contribution in [0.5, 0.6) is 5.75 Å². The number of aliphatic hydroxyl groups is 4. The van der Waals surface area contributed by atoms with Crippen LogP contribution < -0.4 is 5.73 Å². The molecule has 0 unspecified atom stereocenters. The van der Waals surface area contributed by atoms with Crippen molar-refractivity contribution in [2.24, 2.45) is 23.5 Å². The lowest BCUT2D eigenvalue weighted by Crippen LogP contribution is -2.68. The Morgan fingerprint density at radius 2 is 1.74 bits per heavy atom. The number of aliphatic hydroxyl groups excluding tert-OH is 3. The van der Waals surface area contributed by atoms with Crippen LogP contribution in [0.25, 0.3) is 0 Å². The Labute approximate surface area is 224 Å². The predicted octanol–water partition coefficient (Wildman–Crippen LogP) is 0.782. The third kappa shape index (κ3) is 3.67. The molecular formula is C28H32N2O9. The molecule has 1 aromatic carbocycles. The molecule has 4 aliphatic carbocycles. The third-order valence-corrected chi connectivity index (χ3v) is 9.03. The number of fused-ring (bicyclic) bond motifs is 3. The number of hydrogen-bond acceptors (Lipinski definition) is 10. The SMILES string of the molecule is CN(C)[C@H]1C(O)=C(C(N)=O)C(=O)[C@@]2(O)C(O)=C3C(=O)c4c(O)cccc4[C@@H](CC(=O)C4CCCC4)[C@@H]3[C@@H](O)[C@H]12. The standard InChI is InChI=1S/C28H32N2O9/c1-30(2)21-20-23(34)17-13(10-15(32)11-6-3-4-7-11)12-8-5-9-14(31)16(12)22(33)18(17)25(36)28(20,39)26(37)19(24(21)35)27(29)38/h5,8-9,11,13,17,20-21,23,31,34-36,39H,3-4,6-7,10H2,1-2H3,(H2,29,38)/t13-,17+,20+,21-,23-,28+/m1/s1. The Hall–Kier alpha value is -3.54. The maximum absolute atomic E-state index is 13.8. The van der Waals surface area contributed by atoms with Crippen molar-refractivity contribution in [2.45, 2.75) is 55.8 Å². The average molecular weight is 541 g/mol. The van der Waals surface area contributed by atoms with Gasteiger partial charge in [-0.3, -0.25) is 24.1 Å². The summed E-state index contributed by atoms with van der Waals surface area (Å²) in [6.07, 6.45) is 1.39. The number of phenolic OH excluding ortho intramolecular Hbond substituents is 1. The van der Waals surface area contributed by atoms with E-state index >= 15 is 0 Å². The number of primary amides is 1. The molecule has 1 fully saturated rings. The van der Waals surface area contributed by atoms with E-state index in [0.717, 1.165) is 12.8 Å². The zero-order valence-electron chi connectivity index (χ0n) is 21.6. The molecule has 0 saturated heterocycles. The van der Waals surface area contributed by atoms with E-state index < -0.39 is 81.4 Å². The molecule has 5 rings (SSSR count). The molecule has 0 radical (unpaired) electrons. The molecule has 1 saturated carbocycles. The smallest absolute Gasteiger partial charge is 0.255 e. The number of ketones is 3. The van der Waals surface area contributed by atoms with Crippen molar-refractivity contribution in [2.75, 3.05) is 14.1 Å². The van der Waals surface area contributed by atoms with Gasteiger partial charge in [-0.15, -0.1) is 0 Å². The van der Waals surface area contributed by atoms with E-state index in [1.165, 1.54) is 31.1 Å². The fraction of sp³-hybridized carbons (Fsp3) is 0.500. The highest BCUT2D eigenvalue weighted by Crippen LogP contribution is 2.56. The van der Waals surface area contributed by atoms with Crippen molar-refractivity contribution in [3.05, 3.63) is 52.0 Å². The summed E-state index contributed by atoms with van der Waals surface area (Å²) in [4.78, 5) is 54.1. The summed E-state index contributed by atoms with van der Waals surface area (Å²) in [5.41, 5.74) is 0.986. The number of hydrogen-bond donors (Lipinski definition) is 6. The van der Waals surface area contributed by atoms with Crippen molar-refractivity contribution in [1.29, 1.82) is 0 Å². The summed E-state index contributed by atoms with van der Waals surface area (Å²) in [7, 11) is 2.94. The number of phenols is 1. The molecule has 0 aromatic heterocycles. The molecule has 0 heterocycles. The van der Waals surface area contributed by atoms with Crippen LogP contribution in [0.4, 0.5) is 0 Å². The Morgan fingerprint density at radius 1 is 1.10 bits per heavy atom. The van der Waals surface area contributed by atoms with E-state index in [9.17, 15) is 44.7 Å². The molecule has 0 spiro atoms. The summed E-state index contributed by atoms with van der Waals surface area (Å²) >= 11 is 0. The quantitative estimate of drug-likeness (QED) is 0.290. The van der Waals surface area contributed by atoms with Crippen molar-refractivity contribution in [1.82, 2.24) is 4.90 Å². The van der Waals surface area contributed by atoms with Gasteiger partial charge in [0.15, 0.2) is 11.4 Å². The molecule has 1 amide bonds. The predicted molar refractivity (Wildman–Crippen MR) is 136 cm³/mol. The number of nitrogens with two attached hydrogens (primary N) is 1. The highest BCUT2D eigenvalue weighted by atomic mass is 16.4. The van der Waals surface area contributed by atoms with Crippen LogP contribution >= 0.6 is 0 Å². The van der Waals surface area contributed by atoms with Gasteiger partial charge < -0.3 is 31.3 Å². The molecule has 39 heavy (non-hydrogen) atoms. The fourth-order valence-electron chi connectivity index (χ4n) is 7.27. The molecule has 4 aliphatic rings. The van der Waals surface area contributed by atoms with Gasteiger partial charge in [0.2, 0.25) is 5.78 Å². The summed E-state index contributed by atoms with van der Waals surface area (Å²) in [6, 6.07) is 2.98. The van der Waals surface area contributed by atoms with Gasteiger partial charge in [0.25, 0.3) is 5.91 Å². The molecular weight excluding hydrogens is 508 g/mol. The van der Waals surface area contributed by atoms with Gasteiger partial charge in [-0.1, -0.05) is 25.0 Å². The zero-order valence-corrected chi connectivity index (χ0v) is 21.6. The van der Waals surface area contributed by atoms with Crippen LogP contribution in [-0.2, 0) is 14.4 Å². The number of rotatable bonds is 5. The van der Waals surface area contributed by atoms with Crippen molar-refractivity contribution in [3.63, 3.8) is 0 Å². The second kappa shape index (κ2) is 9.29. The Bertz CT molecular complexity index is 1360. The lowest BCUT2D eigenvalue weighted by atomic mass is 9.54. The van der Waals surface area contributed by atoms with Crippen LogP contribution in [0.3, 0.4) is 0 Å². The fourth-order valence-corrected chi connectivity index (χ4v) is 7.27. The number of likely N-dealkylation sites (N-methyl/N-ethyl adjacent to an activating group) is 1. The second-order valence-electron chi connectivity index (χ2n) is 11.3. The van der Waals surface area contributed by atoms with Gasteiger partial charge in [-0.25, -0.2) is 0 Å². The first-order chi connectivity index (χ1) is 18.3. The number of nitrogens with zero attached hydrogens (tertiary/aromatic N) is 1. The maximum atomic E-state index is 13.8. The molecule has 11 heteroatoms. The summed E-state index contributed by atoms with van der Waals surface area (Å²) < 4.78 is 0. The first-order valence-corrected chi connectivity index (χ1v) is 13.0. The Balaban J connectivity index is 1.76. The zero-order chi connectivity index (χ0) is 28.5. The van der Waals surface area contributed by atoms with E-state index in [-0.39, 0.29) is 23.7 Å². The van der Waals surface area contributed by atoms with Crippen LogP contribution in [-0.4, -0.2) is 85.5 Å². The molecule has 0 aliphatic heterocycles. The van der Waals surface area contributed by atoms with Gasteiger partial charge in [0.1, 0.15) is 28.6 Å². The van der Waals surface area contributed by atoms with Crippen molar-refractivity contribution >= 4 is 23.3 Å². The average Bonchev–Trinajstić information content (AvgIpc) is 3.40. The molecule has 7 N–H and O–H groups in total. The van der Waals surface area contributed by atoms with Gasteiger partial charge >= 0.3 is 0 Å². The normalized spacial score (nSPS) is 32.8. The van der Waals surface area contributed by atoms with Crippen LogP contribution in [0.2, 0.25) is 0 Å². The number of benzene rings is 1. The largest absolute Gasteiger partial charge is 0.510 e. The van der Waals surface area contributed by atoms with Gasteiger partial charge in [0.05, 0.1) is 23.6 Å². The minimum absolute atomic E-state index is 0.0874. The summed E-state index contributed by atoms with van der Waals surface area (Å²) in [5, 5.41) is 56.7. The molecule has 11 nitrogen and oxygen atoms in total. The molecule has 1 aromatic rings. The summed E-state index contributed by atoms with van der Waals surface area (Å²) in [5.74, 6) is -10.1. The van der Waals surface area contributed by atoms with E-state index in [0.29, 0.717) is 18.4 Å². The molecule has 0 bridgehead atoms. The lowest BCUT2D eigenvalue weighted by molar-refractivity contribution is -0.162. The maximum Gasteiger partial charge on any atom is 0.255 e. The highest BCUT2D eigenvalue weighted by molar-refractivity contribution is 6.25. The first kappa shape index (κ1) is 27.0. The van der Waals surface area contributed by atoms with Crippen molar-refractivity contribution in [3.8, 4) is 5.75 Å². The first-order valence-electron chi connectivity index (χ1n) is 13.0. The van der Waals surface area contributed by atoms with E-state index in [1.807, 2.05) is 0 Å². The minimum Gasteiger partial charge on any atom is -0.510 e. The van der Waals surface area contributed by atoms with E-state index in [4.69, 9.17) is 5.73 Å². The van der Waals surface area contributed by atoms with Crippen molar-refractivity contribution < 1.29 is 44.7 Å². The highest BCUT2D eigenvalue weighted by Gasteiger charge is 2.67. The van der Waals surface area contributed by atoms with E-state index in [1.54, 1.807) is 6.07 Å². The van der Waals surface area contributed by atoms with E-state index in [2.05, 4.69) is 0 Å². The number of amides is 1. The van der Waals surface area contributed by atoms with Crippen LogP contribution in [0, 0.1) is 17.8 Å². The number of carbonyl (C=O) groups excluding carboxylic acids is 4. The lowest BCUT2D eigenvalue weighted by Gasteiger charge is -2.53.